The zero-order valence-corrected chi connectivity index (χ0v) is 21.6. The predicted octanol–water partition coefficient (Wildman–Crippen LogP) is 3.21. The summed E-state index contributed by atoms with van der Waals surface area (Å²) >= 11 is 0. The lowest BCUT2D eigenvalue weighted by molar-refractivity contribution is 0.251. The lowest BCUT2D eigenvalue weighted by Crippen LogP contribution is -2.51. The number of nitrogens with zero attached hydrogens (tertiary/aromatic N) is 5. The molecule has 2 N–H and O–H groups in total. The van der Waals surface area contributed by atoms with Gasteiger partial charge in [-0.15, -0.1) is 0 Å². The molecular weight excluding hydrogens is 481 g/mol. The molecule has 6 rings (SSSR count). The van der Waals surface area contributed by atoms with Gasteiger partial charge in [-0.05, 0) is 24.3 Å². The van der Waals surface area contributed by atoms with Gasteiger partial charge in [-0.1, -0.05) is 36.4 Å². The van der Waals surface area contributed by atoms with Crippen molar-refractivity contribution < 1.29 is 9.13 Å². The van der Waals surface area contributed by atoms with Gasteiger partial charge in [-0.3, -0.25) is 4.39 Å². The SMILES string of the molecule is N#CCC1CN(c2nc(OC[C@@H]3C[C@@H](CF)CN3)nc3c2CCN(c2cccc4ccccc24)C3)CCN1. The van der Waals surface area contributed by atoms with Crippen molar-refractivity contribution in [2.45, 2.75) is 37.9 Å². The van der Waals surface area contributed by atoms with Crippen LogP contribution in [0.2, 0.25) is 0 Å². The smallest absolute Gasteiger partial charge is 0.318 e. The zero-order chi connectivity index (χ0) is 25.9. The molecule has 9 heteroatoms. The van der Waals surface area contributed by atoms with Crippen LogP contribution in [-0.2, 0) is 13.0 Å². The summed E-state index contributed by atoms with van der Waals surface area (Å²) in [5.74, 6) is 0.976. The van der Waals surface area contributed by atoms with Gasteiger partial charge in [0.15, 0.2) is 0 Å². The molecule has 0 bridgehead atoms. The molecule has 3 aliphatic rings. The van der Waals surface area contributed by atoms with E-state index in [-0.39, 0.29) is 24.7 Å². The highest BCUT2D eigenvalue weighted by molar-refractivity contribution is 5.94. The molecule has 3 atom stereocenters. The maximum absolute atomic E-state index is 13.1. The van der Waals surface area contributed by atoms with E-state index in [9.17, 15) is 9.65 Å². The van der Waals surface area contributed by atoms with Gasteiger partial charge in [0.05, 0.1) is 31.4 Å². The van der Waals surface area contributed by atoms with Crippen LogP contribution in [0.5, 0.6) is 6.01 Å². The fourth-order valence-electron chi connectivity index (χ4n) is 5.99. The van der Waals surface area contributed by atoms with Gasteiger partial charge in [-0.25, -0.2) is 0 Å². The number of piperazine rings is 1. The molecule has 8 nitrogen and oxygen atoms in total. The molecule has 4 heterocycles. The average molecular weight is 516 g/mol. The Morgan fingerprint density at radius 1 is 1.05 bits per heavy atom. The number of rotatable bonds is 7. The van der Waals surface area contributed by atoms with Crippen LogP contribution < -0.4 is 25.2 Å². The number of hydrogen-bond donors (Lipinski definition) is 2. The van der Waals surface area contributed by atoms with E-state index in [1.54, 1.807) is 0 Å². The molecule has 1 unspecified atom stereocenters. The van der Waals surface area contributed by atoms with Crippen molar-refractivity contribution in [1.82, 2.24) is 20.6 Å². The number of halogens is 1. The van der Waals surface area contributed by atoms with E-state index in [4.69, 9.17) is 14.7 Å². The van der Waals surface area contributed by atoms with E-state index >= 15 is 0 Å². The quantitative estimate of drug-likeness (QED) is 0.496. The lowest BCUT2D eigenvalue weighted by Gasteiger charge is -2.37. The summed E-state index contributed by atoms with van der Waals surface area (Å²) < 4.78 is 19.2. The third-order valence-electron chi connectivity index (χ3n) is 7.97. The summed E-state index contributed by atoms with van der Waals surface area (Å²) in [6.45, 7) is 4.70. The van der Waals surface area contributed by atoms with E-state index in [2.05, 4.69) is 69.0 Å². The zero-order valence-electron chi connectivity index (χ0n) is 21.6. The van der Waals surface area contributed by atoms with Gasteiger partial charge in [0.1, 0.15) is 12.4 Å². The minimum atomic E-state index is -0.306. The Kier molecular flexibility index (Phi) is 7.25. The Morgan fingerprint density at radius 2 is 1.95 bits per heavy atom. The van der Waals surface area contributed by atoms with Crippen molar-refractivity contribution in [3.63, 3.8) is 0 Å². The van der Waals surface area contributed by atoms with Crippen LogP contribution in [-0.4, -0.2) is 68.1 Å². The molecule has 2 aromatic carbocycles. The van der Waals surface area contributed by atoms with Crippen molar-refractivity contribution >= 4 is 22.3 Å². The van der Waals surface area contributed by atoms with Crippen molar-refractivity contribution in [3.05, 3.63) is 53.7 Å². The topological polar surface area (TPSA) is 89.3 Å². The standard InChI is InChI=1S/C29H34FN7O/c30-15-20-14-23(33-16-20)19-38-29-34-26-18-36(27-7-3-5-21-4-1-2-6-24(21)27)12-9-25(26)28(35-29)37-13-11-32-22(17-37)8-10-31/h1-7,20,22-23,32-33H,8-9,11-19H2/t20-,22?,23-/m0/s1. The summed E-state index contributed by atoms with van der Waals surface area (Å²) in [7, 11) is 0. The summed E-state index contributed by atoms with van der Waals surface area (Å²) in [5, 5.41) is 18.5. The van der Waals surface area contributed by atoms with Gasteiger partial charge >= 0.3 is 6.01 Å². The fraction of sp³-hybridized carbons (Fsp3) is 0.483. The second-order valence-corrected chi connectivity index (χ2v) is 10.6. The average Bonchev–Trinajstić information content (AvgIpc) is 3.43. The van der Waals surface area contributed by atoms with Crippen LogP contribution in [0, 0.1) is 17.2 Å². The maximum atomic E-state index is 13.1. The van der Waals surface area contributed by atoms with Crippen molar-refractivity contribution in [1.29, 1.82) is 5.26 Å². The second kappa shape index (κ2) is 11.1. The van der Waals surface area contributed by atoms with Gasteiger partial charge < -0.3 is 25.2 Å². The summed E-state index contributed by atoms with van der Waals surface area (Å²) in [4.78, 5) is 14.5. The van der Waals surface area contributed by atoms with Crippen LogP contribution in [0.4, 0.5) is 15.9 Å². The predicted molar refractivity (Wildman–Crippen MR) is 146 cm³/mol. The van der Waals surface area contributed by atoms with E-state index in [0.29, 0.717) is 32.1 Å². The van der Waals surface area contributed by atoms with E-state index in [0.717, 1.165) is 50.5 Å². The van der Waals surface area contributed by atoms with E-state index < -0.39 is 0 Å². The Morgan fingerprint density at radius 3 is 2.82 bits per heavy atom. The number of fused-ring (bicyclic) bond motifs is 2. The van der Waals surface area contributed by atoms with Crippen molar-refractivity contribution in [3.8, 4) is 12.1 Å². The summed E-state index contributed by atoms with van der Waals surface area (Å²) in [6.07, 6.45) is 2.06. The Labute approximate surface area is 222 Å². The number of nitrogens with one attached hydrogen (secondary N) is 2. The number of benzene rings is 2. The summed E-state index contributed by atoms with van der Waals surface area (Å²) in [5.41, 5.74) is 3.36. The number of aromatic nitrogens is 2. The first-order chi connectivity index (χ1) is 18.7. The van der Waals surface area contributed by atoms with E-state index in [1.807, 2.05) is 0 Å². The van der Waals surface area contributed by atoms with E-state index in [1.165, 1.54) is 22.0 Å². The van der Waals surface area contributed by atoms with Crippen LogP contribution in [0.15, 0.2) is 42.5 Å². The van der Waals surface area contributed by atoms with Gasteiger partial charge in [0.25, 0.3) is 0 Å². The third-order valence-corrected chi connectivity index (χ3v) is 7.97. The first kappa shape index (κ1) is 24.8. The van der Waals surface area contributed by atoms with Crippen LogP contribution in [0.1, 0.15) is 24.1 Å². The molecule has 3 aromatic rings. The number of nitriles is 1. The molecule has 0 spiro atoms. The minimum absolute atomic E-state index is 0.0517. The Balaban J connectivity index is 1.30. The van der Waals surface area contributed by atoms with Crippen LogP contribution in [0.25, 0.3) is 10.8 Å². The summed E-state index contributed by atoms with van der Waals surface area (Å²) in [6, 6.07) is 17.8. The van der Waals surface area contributed by atoms with Crippen LogP contribution in [0.3, 0.4) is 0 Å². The largest absolute Gasteiger partial charge is 0.462 e. The molecule has 198 valence electrons. The molecule has 1 aromatic heterocycles. The molecule has 0 amide bonds. The molecule has 38 heavy (non-hydrogen) atoms. The first-order valence-corrected chi connectivity index (χ1v) is 13.6. The molecule has 0 aliphatic carbocycles. The Bertz CT molecular complexity index is 1320. The highest BCUT2D eigenvalue weighted by Crippen LogP contribution is 2.34. The molecular formula is C29H34FN7O. The number of anilines is 2. The van der Waals surface area contributed by atoms with Crippen LogP contribution >= 0.6 is 0 Å². The van der Waals surface area contributed by atoms with Gasteiger partial charge in [0, 0.05) is 67.4 Å². The molecule has 2 fully saturated rings. The lowest BCUT2D eigenvalue weighted by atomic mass is 10.0. The van der Waals surface area contributed by atoms with Gasteiger partial charge in [-0.2, -0.15) is 15.2 Å². The molecule has 2 saturated heterocycles. The second-order valence-electron chi connectivity index (χ2n) is 10.6. The highest BCUT2D eigenvalue weighted by Gasteiger charge is 2.30. The normalized spacial score (nSPS) is 23.3. The molecule has 0 saturated carbocycles. The molecule has 0 radical (unpaired) electrons. The van der Waals surface area contributed by atoms with Crippen molar-refractivity contribution in [2.75, 3.05) is 55.8 Å². The number of alkyl halides is 1. The highest BCUT2D eigenvalue weighted by atomic mass is 19.1. The minimum Gasteiger partial charge on any atom is -0.462 e. The molecule has 3 aliphatic heterocycles. The van der Waals surface area contributed by atoms with Crippen molar-refractivity contribution in [2.24, 2.45) is 5.92 Å². The number of hydrogen-bond acceptors (Lipinski definition) is 8. The first-order valence-electron chi connectivity index (χ1n) is 13.6. The maximum Gasteiger partial charge on any atom is 0.318 e. The third kappa shape index (κ3) is 5.11. The number of ether oxygens (including phenoxy) is 1. The monoisotopic (exact) mass is 515 g/mol. The Hall–Kier alpha value is -3.48. The van der Waals surface area contributed by atoms with Gasteiger partial charge in [0.2, 0.25) is 0 Å². The fourth-order valence-corrected chi connectivity index (χ4v) is 5.99.